The first-order chi connectivity index (χ1) is 15.1. The first-order valence-corrected chi connectivity index (χ1v) is 9.87. The van der Waals surface area contributed by atoms with E-state index in [1.54, 1.807) is 38.6 Å². The number of carbonyl (C=O) groups excluding carboxylic acids is 1. The van der Waals surface area contributed by atoms with Gasteiger partial charge in [-0.1, -0.05) is 12.1 Å². The molecule has 162 valence electrons. The third-order valence-corrected chi connectivity index (χ3v) is 5.06. The van der Waals surface area contributed by atoms with Gasteiger partial charge in [0, 0.05) is 44.1 Å². The third-order valence-electron chi connectivity index (χ3n) is 5.06. The Morgan fingerprint density at radius 2 is 1.65 bits per heavy atom. The fraction of sp³-hybridized carbons (Fsp3) is 0.304. The summed E-state index contributed by atoms with van der Waals surface area (Å²) in [6.45, 7) is 2.89. The Bertz CT molecular complexity index is 991. The maximum Gasteiger partial charge on any atom is 0.267 e. The minimum absolute atomic E-state index is 0.0422. The lowest BCUT2D eigenvalue weighted by Crippen LogP contribution is -2.44. The van der Waals surface area contributed by atoms with Crippen LogP contribution in [0.2, 0.25) is 0 Å². The van der Waals surface area contributed by atoms with Crippen molar-refractivity contribution in [2.75, 3.05) is 57.7 Å². The van der Waals surface area contributed by atoms with Gasteiger partial charge in [-0.2, -0.15) is 5.26 Å². The Labute approximate surface area is 182 Å². The SMILES string of the molecule is COc1ccc(NC(=O)/C(C#N)=C\N2CCN(c3ccccc3OC)CC2)cc1OC. The molecular formula is C23H26N4O4. The van der Waals surface area contributed by atoms with Crippen molar-refractivity contribution in [3.8, 4) is 23.3 Å². The molecule has 1 aliphatic heterocycles. The van der Waals surface area contributed by atoms with Crippen LogP contribution in [0, 0.1) is 11.3 Å². The number of nitriles is 1. The largest absolute Gasteiger partial charge is 0.495 e. The van der Waals surface area contributed by atoms with Crippen molar-refractivity contribution in [2.45, 2.75) is 0 Å². The lowest BCUT2D eigenvalue weighted by molar-refractivity contribution is -0.112. The molecule has 8 nitrogen and oxygen atoms in total. The van der Waals surface area contributed by atoms with Crippen LogP contribution >= 0.6 is 0 Å². The Kier molecular flexibility index (Phi) is 7.22. The van der Waals surface area contributed by atoms with Crippen LogP contribution in [-0.2, 0) is 4.79 Å². The second-order valence-electron chi connectivity index (χ2n) is 6.87. The molecule has 0 unspecified atom stereocenters. The standard InChI is InChI=1S/C23H26N4O4/c1-29-20-7-5-4-6-19(20)27-12-10-26(11-13-27)16-17(15-24)23(28)25-18-8-9-21(30-2)22(14-18)31-3/h4-9,14,16H,10-13H2,1-3H3,(H,25,28)/b17-16-. The highest BCUT2D eigenvalue weighted by Crippen LogP contribution is 2.30. The van der Waals surface area contributed by atoms with Gasteiger partial charge in [0.2, 0.25) is 0 Å². The number of nitrogens with one attached hydrogen (secondary N) is 1. The van der Waals surface area contributed by atoms with E-state index in [0.717, 1.165) is 24.5 Å². The molecule has 0 saturated carbocycles. The molecule has 1 fully saturated rings. The Morgan fingerprint density at radius 1 is 0.968 bits per heavy atom. The molecule has 0 aromatic heterocycles. The molecule has 2 aromatic carbocycles. The van der Waals surface area contributed by atoms with Crippen molar-refractivity contribution < 1.29 is 19.0 Å². The van der Waals surface area contributed by atoms with Gasteiger partial charge >= 0.3 is 0 Å². The molecule has 0 radical (unpaired) electrons. The summed E-state index contributed by atoms with van der Waals surface area (Å²) in [6, 6.07) is 14.9. The smallest absolute Gasteiger partial charge is 0.267 e. The third kappa shape index (κ3) is 5.20. The molecule has 0 spiro atoms. The number of hydrogen-bond acceptors (Lipinski definition) is 7. The fourth-order valence-electron chi connectivity index (χ4n) is 3.42. The Balaban J connectivity index is 1.64. The number of ether oxygens (including phenoxy) is 3. The van der Waals surface area contributed by atoms with Gasteiger partial charge in [-0.15, -0.1) is 0 Å². The highest BCUT2D eigenvalue weighted by Gasteiger charge is 2.20. The van der Waals surface area contributed by atoms with Gasteiger partial charge in [0.05, 0.1) is 27.0 Å². The van der Waals surface area contributed by atoms with Crippen LogP contribution in [0.15, 0.2) is 54.2 Å². The molecular weight excluding hydrogens is 396 g/mol. The lowest BCUT2D eigenvalue weighted by Gasteiger charge is -2.36. The van der Waals surface area contributed by atoms with Crippen molar-refractivity contribution in [1.29, 1.82) is 5.26 Å². The number of benzene rings is 2. The molecule has 1 saturated heterocycles. The van der Waals surface area contributed by atoms with E-state index >= 15 is 0 Å². The van der Waals surface area contributed by atoms with E-state index in [0.29, 0.717) is 30.3 Å². The summed E-state index contributed by atoms with van der Waals surface area (Å²) in [6.07, 6.45) is 1.62. The quantitative estimate of drug-likeness (QED) is 0.542. The molecule has 3 rings (SSSR count). The van der Waals surface area contributed by atoms with E-state index < -0.39 is 5.91 Å². The molecule has 8 heteroatoms. The topological polar surface area (TPSA) is 87.1 Å². The van der Waals surface area contributed by atoms with E-state index in [9.17, 15) is 10.1 Å². The number of carbonyl (C=O) groups is 1. The summed E-state index contributed by atoms with van der Waals surface area (Å²) in [5.41, 5.74) is 1.60. The number of piperazine rings is 1. The molecule has 0 atom stereocenters. The zero-order chi connectivity index (χ0) is 22.2. The van der Waals surface area contributed by atoms with Crippen molar-refractivity contribution in [2.24, 2.45) is 0 Å². The average Bonchev–Trinajstić information content (AvgIpc) is 2.82. The number of amides is 1. The number of para-hydroxylation sites is 2. The summed E-state index contributed by atoms with van der Waals surface area (Å²) < 4.78 is 15.9. The van der Waals surface area contributed by atoms with Crippen LogP contribution in [-0.4, -0.2) is 58.3 Å². The van der Waals surface area contributed by atoms with Gasteiger partial charge in [0.15, 0.2) is 11.5 Å². The number of methoxy groups -OCH3 is 3. The Hall–Kier alpha value is -3.86. The van der Waals surface area contributed by atoms with Crippen molar-refractivity contribution in [3.63, 3.8) is 0 Å². The second-order valence-corrected chi connectivity index (χ2v) is 6.87. The molecule has 0 aliphatic carbocycles. The van der Waals surface area contributed by atoms with E-state index in [4.69, 9.17) is 14.2 Å². The van der Waals surface area contributed by atoms with Gasteiger partial charge in [-0.3, -0.25) is 4.79 Å². The van der Waals surface area contributed by atoms with Crippen LogP contribution in [0.1, 0.15) is 0 Å². The highest BCUT2D eigenvalue weighted by atomic mass is 16.5. The molecule has 2 aromatic rings. The average molecular weight is 422 g/mol. The Morgan fingerprint density at radius 3 is 2.29 bits per heavy atom. The molecule has 0 bridgehead atoms. The van der Waals surface area contributed by atoms with E-state index in [2.05, 4.69) is 10.2 Å². The van der Waals surface area contributed by atoms with Crippen molar-refractivity contribution in [3.05, 3.63) is 54.2 Å². The number of anilines is 2. The van der Waals surface area contributed by atoms with Crippen molar-refractivity contribution >= 4 is 17.3 Å². The molecule has 1 aliphatic rings. The van der Waals surface area contributed by atoms with Crippen LogP contribution in [0.25, 0.3) is 0 Å². The first-order valence-electron chi connectivity index (χ1n) is 9.87. The molecule has 1 N–H and O–H groups in total. The lowest BCUT2D eigenvalue weighted by atomic mass is 10.2. The van der Waals surface area contributed by atoms with Gasteiger partial charge in [0.25, 0.3) is 5.91 Å². The van der Waals surface area contributed by atoms with Gasteiger partial charge in [-0.05, 0) is 24.3 Å². The first kappa shape index (κ1) is 21.8. The van der Waals surface area contributed by atoms with Crippen LogP contribution < -0.4 is 24.4 Å². The number of hydrogen-bond donors (Lipinski definition) is 1. The van der Waals surface area contributed by atoms with Gasteiger partial charge < -0.3 is 29.3 Å². The maximum atomic E-state index is 12.6. The minimum atomic E-state index is -0.470. The summed E-state index contributed by atoms with van der Waals surface area (Å²) in [7, 11) is 4.73. The number of nitrogens with zero attached hydrogens (tertiary/aromatic N) is 3. The van der Waals surface area contributed by atoms with Crippen LogP contribution in [0.4, 0.5) is 11.4 Å². The predicted octanol–water partition coefficient (Wildman–Crippen LogP) is 2.88. The summed E-state index contributed by atoms with van der Waals surface area (Å²) in [5.74, 6) is 1.42. The van der Waals surface area contributed by atoms with Crippen LogP contribution in [0.5, 0.6) is 17.2 Å². The van der Waals surface area contributed by atoms with Gasteiger partial charge in [0.1, 0.15) is 17.4 Å². The zero-order valence-electron chi connectivity index (χ0n) is 17.9. The molecule has 1 amide bonds. The zero-order valence-corrected chi connectivity index (χ0v) is 17.9. The number of rotatable bonds is 7. The minimum Gasteiger partial charge on any atom is -0.495 e. The van der Waals surface area contributed by atoms with Crippen molar-refractivity contribution in [1.82, 2.24) is 4.90 Å². The van der Waals surface area contributed by atoms with E-state index in [1.807, 2.05) is 35.2 Å². The predicted molar refractivity (Wildman–Crippen MR) is 119 cm³/mol. The molecule has 31 heavy (non-hydrogen) atoms. The monoisotopic (exact) mass is 422 g/mol. The van der Waals surface area contributed by atoms with Gasteiger partial charge in [-0.25, -0.2) is 0 Å². The van der Waals surface area contributed by atoms with Crippen LogP contribution in [0.3, 0.4) is 0 Å². The fourth-order valence-corrected chi connectivity index (χ4v) is 3.42. The maximum absolute atomic E-state index is 12.6. The summed E-state index contributed by atoms with van der Waals surface area (Å²) in [5, 5.41) is 12.2. The normalized spacial score (nSPS) is 13.9. The summed E-state index contributed by atoms with van der Waals surface area (Å²) in [4.78, 5) is 16.8. The summed E-state index contributed by atoms with van der Waals surface area (Å²) >= 11 is 0. The molecule has 1 heterocycles. The highest BCUT2D eigenvalue weighted by molar-refractivity contribution is 6.06. The van der Waals surface area contributed by atoms with E-state index in [-0.39, 0.29) is 5.57 Å². The van der Waals surface area contributed by atoms with E-state index in [1.165, 1.54) is 7.11 Å². The second kappa shape index (κ2) is 10.3.